The number of carbonyl (C=O) groups is 1. The van der Waals surface area contributed by atoms with Crippen molar-refractivity contribution in [3.05, 3.63) is 0 Å². The molecule has 0 aromatic heterocycles. The summed E-state index contributed by atoms with van der Waals surface area (Å²) in [6.45, 7) is 3.20. The number of nitrogens with one attached hydrogen (secondary N) is 1. The Morgan fingerprint density at radius 1 is 1.50 bits per heavy atom. The van der Waals surface area contributed by atoms with Gasteiger partial charge in [0.1, 0.15) is 0 Å². The summed E-state index contributed by atoms with van der Waals surface area (Å²) in [5.74, 6) is -0.513. The number of amides is 1. The Morgan fingerprint density at radius 3 is 2.33 bits per heavy atom. The van der Waals surface area contributed by atoms with Crippen LogP contribution in [0.2, 0.25) is 0 Å². The fraction of sp³-hybridized carbons (Fsp3) is 0.833. The predicted octanol–water partition coefficient (Wildman–Crippen LogP) is -0.810. The molecule has 3 N–H and O–H groups in total. The predicted molar refractivity (Wildman–Crippen MR) is 45.9 cm³/mol. The number of rotatable bonds is 5. The SMILES string of the molecule is CC(C)S(=O)(=O)NCCC(N)=O. The van der Waals surface area contributed by atoms with Crippen molar-refractivity contribution in [2.45, 2.75) is 25.5 Å². The molecule has 1 amide bonds. The summed E-state index contributed by atoms with van der Waals surface area (Å²) in [4.78, 5) is 10.2. The molecule has 72 valence electrons. The van der Waals surface area contributed by atoms with Crippen molar-refractivity contribution in [2.24, 2.45) is 5.73 Å². The first-order valence-electron chi connectivity index (χ1n) is 3.63. The molecule has 0 fully saturated rings. The van der Waals surface area contributed by atoms with Gasteiger partial charge in [0.15, 0.2) is 0 Å². The van der Waals surface area contributed by atoms with Crippen LogP contribution in [0.1, 0.15) is 20.3 Å². The molecule has 0 rings (SSSR count). The molecule has 6 heteroatoms. The lowest BCUT2D eigenvalue weighted by Gasteiger charge is -2.07. The first-order chi connectivity index (χ1) is 5.36. The van der Waals surface area contributed by atoms with E-state index in [4.69, 9.17) is 5.73 Å². The Morgan fingerprint density at radius 2 is 2.00 bits per heavy atom. The van der Waals surface area contributed by atoms with Gasteiger partial charge in [-0.2, -0.15) is 0 Å². The molecule has 0 atom stereocenters. The van der Waals surface area contributed by atoms with E-state index in [2.05, 4.69) is 4.72 Å². The second-order valence-electron chi connectivity index (χ2n) is 2.70. The zero-order valence-electron chi connectivity index (χ0n) is 7.20. The van der Waals surface area contributed by atoms with Crippen molar-refractivity contribution < 1.29 is 13.2 Å². The highest BCUT2D eigenvalue weighted by atomic mass is 32.2. The summed E-state index contributed by atoms with van der Waals surface area (Å²) in [7, 11) is -3.25. The van der Waals surface area contributed by atoms with E-state index < -0.39 is 21.2 Å². The van der Waals surface area contributed by atoms with Crippen molar-refractivity contribution in [2.75, 3.05) is 6.54 Å². The number of carbonyl (C=O) groups excluding carboxylic acids is 1. The fourth-order valence-electron chi connectivity index (χ4n) is 0.483. The van der Waals surface area contributed by atoms with Crippen molar-refractivity contribution >= 4 is 15.9 Å². The van der Waals surface area contributed by atoms with Gasteiger partial charge in [0.05, 0.1) is 5.25 Å². The van der Waals surface area contributed by atoms with Crippen molar-refractivity contribution in [3.63, 3.8) is 0 Å². The number of nitrogens with two attached hydrogens (primary N) is 1. The molecule has 0 aliphatic rings. The quantitative estimate of drug-likeness (QED) is 0.599. The van der Waals surface area contributed by atoms with Crippen LogP contribution in [0.25, 0.3) is 0 Å². The van der Waals surface area contributed by atoms with E-state index >= 15 is 0 Å². The third-order valence-electron chi connectivity index (χ3n) is 1.30. The largest absolute Gasteiger partial charge is 0.370 e. The molecule has 0 aromatic carbocycles. The minimum atomic E-state index is -3.25. The molecule has 0 spiro atoms. The summed E-state index contributed by atoms with van der Waals surface area (Å²) in [5.41, 5.74) is 4.82. The summed E-state index contributed by atoms with van der Waals surface area (Å²) >= 11 is 0. The summed E-state index contributed by atoms with van der Waals surface area (Å²) < 4.78 is 24.4. The average molecular weight is 194 g/mol. The van der Waals surface area contributed by atoms with Crippen molar-refractivity contribution in [1.82, 2.24) is 4.72 Å². The van der Waals surface area contributed by atoms with Gasteiger partial charge in [-0.3, -0.25) is 4.79 Å². The standard InChI is InChI=1S/C6H14N2O3S/c1-5(2)12(10,11)8-4-3-6(7)9/h5,8H,3-4H2,1-2H3,(H2,7,9). The molecular weight excluding hydrogens is 180 g/mol. The highest BCUT2D eigenvalue weighted by Crippen LogP contribution is 1.94. The number of primary amides is 1. The lowest BCUT2D eigenvalue weighted by Crippen LogP contribution is -2.33. The zero-order chi connectivity index (χ0) is 9.78. The van der Waals surface area contributed by atoms with Crippen LogP contribution in [-0.4, -0.2) is 26.1 Å². The van der Waals surface area contributed by atoms with E-state index in [-0.39, 0.29) is 13.0 Å². The van der Waals surface area contributed by atoms with E-state index in [0.717, 1.165) is 0 Å². The Kier molecular flexibility index (Phi) is 4.19. The van der Waals surface area contributed by atoms with Gasteiger partial charge in [0.2, 0.25) is 15.9 Å². The van der Waals surface area contributed by atoms with Gasteiger partial charge >= 0.3 is 0 Å². The van der Waals surface area contributed by atoms with Gasteiger partial charge in [-0.15, -0.1) is 0 Å². The van der Waals surface area contributed by atoms with E-state index in [1.165, 1.54) is 0 Å². The molecule has 0 aliphatic heterocycles. The van der Waals surface area contributed by atoms with Crippen LogP contribution in [0.3, 0.4) is 0 Å². The fourth-order valence-corrected chi connectivity index (χ4v) is 1.20. The van der Waals surface area contributed by atoms with Crippen LogP contribution in [0.5, 0.6) is 0 Å². The molecule has 0 saturated heterocycles. The first-order valence-corrected chi connectivity index (χ1v) is 5.17. The summed E-state index contributed by atoms with van der Waals surface area (Å²) in [5, 5.41) is -0.481. The molecular formula is C6H14N2O3S. The van der Waals surface area contributed by atoms with E-state index in [1.54, 1.807) is 13.8 Å². The normalized spacial score (nSPS) is 11.9. The third-order valence-corrected chi connectivity index (χ3v) is 3.14. The van der Waals surface area contributed by atoms with Crippen LogP contribution in [0, 0.1) is 0 Å². The van der Waals surface area contributed by atoms with Crippen molar-refractivity contribution in [3.8, 4) is 0 Å². The van der Waals surface area contributed by atoms with E-state index in [0.29, 0.717) is 0 Å². The van der Waals surface area contributed by atoms with Crippen LogP contribution in [-0.2, 0) is 14.8 Å². The second kappa shape index (κ2) is 4.42. The number of sulfonamides is 1. The molecule has 0 unspecified atom stereocenters. The number of hydrogen-bond donors (Lipinski definition) is 2. The molecule has 5 nitrogen and oxygen atoms in total. The minimum Gasteiger partial charge on any atom is -0.370 e. The summed E-state index contributed by atoms with van der Waals surface area (Å²) in [6.07, 6.45) is 0.0337. The lowest BCUT2D eigenvalue weighted by molar-refractivity contribution is -0.117. The van der Waals surface area contributed by atoms with Gasteiger partial charge in [-0.25, -0.2) is 13.1 Å². The van der Waals surface area contributed by atoms with Crippen LogP contribution in [0.15, 0.2) is 0 Å². The minimum absolute atomic E-state index is 0.0337. The highest BCUT2D eigenvalue weighted by Gasteiger charge is 2.14. The lowest BCUT2D eigenvalue weighted by atomic mass is 10.4. The smallest absolute Gasteiger partial charge is 0.218 e. The van der Waals surface area contributed by atoms with Gasteiger partial charge in [-0.05, 0) is 13.8 Å². The van der Waals surface area contributed by atoms with Gasteiger partial charge in [-0.1, -0.05) is 0 Å². The highest BCUT2D eigenvalue weighted by molar-refractivity contribution is 7.90. The maximum absolute atomic E-state index is 11.0. The van der Waals surface area contributed by atoms with E-state index in [9.17, 15) is 13.2 Å². The number of hydrogen-bond acceptors (Lipinski definition) is 3. The van der Waals surface area contributed by atoms with Gasteiger partial charge < -0.3 is 5.73 Å². The maximum Gasteiger partial charge on any atom is 0.218 e. The zero-order valence-corrected chi connectivity index (χ0v) is 8.02. The van der Waals surface area contributed by atoms with Crippen LogP contribution in [0.4, 0.5) is 0 Å². The van der Waals surface area contributed by atoms with Crippen LogP contribution >= 0.6 is 0 Å². The van der Waals surface area contributed by atoms with Crippen molar-refractivity contribution in [1.29, 1.82) is 0 Å². The molecule has 0 aliphatic carbocycles. The molecule has 0 bridgehead atoms. The topological polar surface area (TPSA) is 89.3 Å². The first kappa shape index (κ1) is 11.4. The monoisotopic (exact) mass is 194 g/mol. The molecule has 0 heterocycles. The van der Waals surface area contributed by atoms with Gasteiger partial charge in [0, 0.05) is 13.0 Å². The second-order valence-corrected chi connectivity index (χ2v) is 5.03. The Hall–Kier alpha value is -0.620. The summed E-state index contributed by atoms with van der Waals surface area (Å²) in [6, 6.07) is 0. The third kappa shape index (κ3) is 4.30. The Balaban J connectivity index is 3.86. The van der Waals surface area contributed by atoms with Gasteiger partial charge in [0.25, 0.3) is 0 Å². The molecule has 0 radical (unpaired) electrons. The molecule has 0 aromatic rings. The Bertz CT molecular complexity index is 246. The average Bonchev–Trinajstić information content (AvgIpc) is 1.85. The maximum atomic E-state index is 11.0. The van der Waals surface area contributed by atoms with Crippen LogP contribution < -0.4 is 10.5 Å². The molecule has 12 heavy (non-hydrogen) atoms. The van der Waals surface area contributed by atoms with E-state index in [1.807, 2.05) is 0 Å². The Labute approximate surface area is 72.4 Å². The molecule has 0 saturated carbocycles.